The summed E-state index contributed by atoms with van der Waals surface area (Å²) >= 11 is 0. The number of rotatable bonds is 4. The standard InChI is InChI=1S/C11H23NO2S/c1-9(2)8-15(13,14)12-10-5-6-11(3,4)7-10/h9-10,12H,5-8H2,1-4H3. The first-order chi connectivity index (χ1) is 6.70. The van der Waals surface area contributed by atoms with Crippen molar-refractivity contribution in [2.75, 3.05) is 5.75 Å². The summed E-state index contributed by atoms with van der Waals surface area (Å²) in [5, 5.41) is 0. The lowest BCUT2D eigenvalue weighted by Crippen LogP contribution is -2.36. The van der Waals surface area contributed by atoms with Crippen LogP contribution in [0.2, 0.25) is 0 Å². The quantitative estimate of drug-likeness (QED) is 0.808. The molecule has 3 nitrogen and oxygen atoms in total. The monoisotopic (exact) mass is 233 g/mol. The van der Waals surface area contributed by atoms with Crippen LogP contribution in [-0.2, 0) is 10.0 Å². The highest BCUT2D eigenvalue weighted by Gasteiger charge is 2.33. The molecule has 0 aliphatic heterocycles. The Hall–Kier alpha value is -0.0900. The Bertz CT molecular complexity index is 307. The number of hydrogen-bond donors (Lipinski definition) is 1. The highest BCUT2D eigenvalue weighted by atomic mass is 32.2. The first kappa shape index (κ1) is 13.0. The zero-order valence-electron chi connectivity index (χ0n) is 10.2. The van der Waals surface area contributed by atoms with Gasteiger partial charge in [-0.1, -0.05) is 27.7 Å². The summed E-state index contributed by atoms with van der Waals surface area (Å²) in [6.07, 6.45) is 3.05. The van der Waals surface area contributed by atoms with E-state index in [0.29, 0.717) is 5.41 Å². The molecule has 1 atom stereocenters. The second-order valence-corrected chi connectivity index (χ2v) is 7.70. The molecular weight excluding hydrogens is 210 g/mol. The average Bonchev–Trinajstić information content (AvgIpc) is 2.25. The highest BCUT2D eigenvalue weighted by Crippen LogP contribution is 2.37. The molecule has 0 heterocycles. The third kappa shape index (κ3) is 4.51. The lowest BCUT2D eigenvalue weighted by molar-refractivity contribution is 0.372. The van der Waals surface area contributed by atoms with Crippen molar-refractivity contribution in [1.29, 1.82) is 0 Å². The number of hydrogen-bond acceptors (Lipinski definition) is 2. The van der Waals surface area contributed by atoms with E-state index >= 15 is 0 Å². The first-order valence-electron chi connectivity index (χ1n) is 5.70. The molecule has 1 fully saturated rings. The SMILES string of the molecule is CC(C)CS(=O)(=O)NC1CCC(C)(C)C1. The fourth-order valence-corrected chi connectivity index (χ4v) is 3.96. The largest absolute Gasteiger partial charge is 0.212 e. The smallest absolute Gasteiger partial charge is 0.212 e. The summed E-state index contributed by atoms with van der Waals surface area (Å²) in [6, 6.07) is 0.156. The van der Waals surface area contributed by atoms with Gasteiger partial charge < -0.3 is 0 Å². The minimum absolute atomic E-state index is 0.156. The van der Waals surface area contributed by atoms with Crippen LogP contribution in [0.15, 0.2) is 0 Å². The predicted octanol–water partition coefficient (Wildman–Crippen LogP) is 2.14. The lowest BCUT2D eigenvalue weighted by atomic mass is 9.92. The summed E-state index contributed by atoms with van der Waals surface area (Å²) < 4.78 is 26.2. The Morgan fingerprint density at radius 1 is 1.40 bits per heavy atom. The van der Waals surface area contributed by atoms with Crippen molar-refractivity contribution < 1.29 is 8.42 Å². The average molecular weight is 233 g/mol. The van der Waals surface area contributed by atoms with Crippen LogP contribution in [0.4, 0.5) is 0 Å². The molecule has 15 heavy (non-hydrogen) atoms. The number of nitrogens with one attached hydrogen (secondary N) is 1. The Labute approximate surface area is 93.7 Å². The Morgan fingerprint density at radius 3 is 2.40 bits per heavy atom. The Balaban J connectivity index is 2.49. The van der Waals surface area contributed by atoms with Crippen LogP contribution in [-0.4, -0.2) is 20.2 Å². The summed E-state index contributed by atoms with van der Waals surface area (Å²) in [6.45, 7) is 8.25. The fourth-order valence-electron chi connectivity index (χ4n) is 2.28. The van der Waals surface area contributed by atoms with E-state index < -0.39 is 10.0 Å². The Kier molecular flexibility index (Phi) is 3.82. The molecular formula is C11H23NO2S. The van der Waals surface area contributed by atoms with Gasteiger partial charge in [0.25, 0.3) is 0 Å². The molecule has 0 saturated heterocycles. The molecule has 0 aromatic heterocycles. The topological polar surface area (TPSA) is 46.2 Å². The van der Waals surface area contributed by atoms with Gasteiger partial charge in [-0.15, -0.1) is 0 Å². The van der Waals surface area contributed by atoms with Gasteiger partial charge in [0.05, 0.1) is 5.75 Å². The molecule has 1 aliphatic rings. The Morgan fingerprint density at radius 2 is 2.00 bits per heavy atom. The zero-order valence-corrected chi connectivity index (χ0v) is 11.0. The molecule has 0 spiro atoms. The van der Waals surface area contributed by atoms with Crippen LogP contribution < -0.4 is 4.72 Å². The molecule has 90 valence electrons. The molecule has 0 aromatic carbocycles. The van der Waals surface area contributed by atoms with Crippen molar-refractivity contribution in [3.63, 3.8) is 0 Å². The third-order valence-electron chi connectivity index (χ3n) is 2.87. The van der Waals surface area contributed by atoms with Gasteiger partial charge >= 0.3 is 0 Å². The van der Waals surface area contributed by atoms with Gasteiger partial charge in [0.15, 0.2) is 0 Å². The molecule has 0 aromatic rings. The minimum atomic E-state index is -3.06. The highest BCUT2D eigenvalue weighted by molar-refractivity contribution is 7.89. The first-order valence-corrected chi connectivity index (χ1v) is 7.35. The molecule has 1 rings (SSSR count). The molecule has 0 bridgehead atoms. The van der Waals surface area contributed by atoms with E-state index in [4.69, 9.17) is 0 Å². The van der Waals surface area contributed by atoms with Gasteiger partial charge in [0, 0.05) is 6.04 Å². The van der Waals surface area contributed by atoms with Crippen LogP contribution in [0.5, 0.6) is 0 Å². The predicted molar refractivity (Wildman–Crippen MR) is 63.2 cm³/mol. The zero-order chi connectivity index (χ0) is 11.7. The number of sulfonamides is 1. The normalized spacial score (nSPS) is 26.1. The lowest BCUT2D eigenvalue weighted by Gasteiger charge is -2.18. The van der Waals surface area contributed by atoms with E-state index in [9.17, 15) is 8.42 Å². The summed E-state index contributed by atoms with van der Waals surface area (Å²) in [4.78, 5) is 0. The van der Waals surface area contributed by atoms with Crippen LogP contribution >= 0.6 is 0 Å². The van der Waals surface area contributed by atoms with E-state index in [1.807, 2.05) is 13.8 Å². The van der Waals surface area contributed by atoms with Crippen molar-refractivity contribution in [2.24, 2.45) is 11.3 Å². The van der Waals surface area contributed by atoms with Crippen LogP contribution in [0.25, 0.3) is 0 Å². The van der Waals surface area contributed by atoms with Crippen LogP contribution in [0.1, 0.15) is 47.0 Å². The molecule has 0 radical (unpaired) electrons. The van der Waals surface area contributed by atoms with Gasteiger partial charge in [-0.2, -0.15) is 0 Å². The van der Waals surface area contributed by atoms with E-state index in [0.717, 1.165) is 19.3 Å². The maximum Gasteiger partial charge on any atom is 0.212 e. The summed E-state index contributed by atoms with van der Waals surface area (Å²) in [7, 11) is -3.06. The van der Waals surface area contributed by atoms with Crippen LogP contribution in [0.3, 0.4) is 0 Å². The molecule has 1 aliphatic carbocycles. The van der Waals surface area contributed by atoms with Gasteiger partial charge in [-0.25, -0.2) is 13.1 Å². The van der Waals surface area contributed by atoms with Crippen molar-refractivity contribution in [3.05, 3.63) is 0 Å². The van der Waals surface area contributed by atoms with Gasteiger partial charge in [0.2, 0.25) is 10.0 Å². The van der Waals surface area contributed by atoms with Crippen molar-refractivity contribution in [1.82, 2.24) is 4.72 Å². The minimum Gasteiger partial charge on any atom is -0.212 e. The van der Waals surface area contributed by atoms with Crippen molar-refractivity contribution in [2.45, 2.75) is 53.0 Å². The van der Waals surface area contributed by atoms with E-state index in [1.165, 1.54) is 0 Å². The van der Waals surface area contributed by atoms with Gasteiger partial charge in [-0.3, -0.25) is 0 Å². The second-order valence-electron chi connectivity index (χ2n) is 5.90. The van der Waals surface area contributed by atoms with Gasteiger partial charge in [0.1, 0.15) is 0 Å². The van der Waals surface area contributed by atoms with E-state index in [1.54, 1.807) is 0 Å². The van der Waals surface area contributed by atoms with E-state index in [-0.39, 0.29) is 17.7 Å². The molecule has 1 saturated carbocycles. The van der Waals surface area contributed by atoms with Crippen molar-refractivity contribution in [3.8, 4) is 0 Å². The second kappa shape index (κ2) is 4.42. The summed E-state index contributed by atoms with van der Waals surface area (Å²) in [5.41, 5.74) is 0.297. The molecule has 1 unspecified atom stereocenters. The van der Waals surface area contributed by atoms with Crippen LogP contribution in [0, 0.1) is 11.3 Å². The summed E-state index contributed by atoms with van der Waals surface area (Å²) in [5.74, 6) is 0.432. The maximum absolute atomic E-state index is 11.7. The molecule has 4 heteroatoms. The maximum atomic E-state index is 11.7. The van der Waals surface area contributed by atoms with Crippen molar-refractivity contribution >= 4 is 10.0 Å². The van der Waals surface area contributed by atoms with E-state index in [2.05, 4.69) is 18.6 Å². The third-order valence-corrected chi connectivity index (χ3v) is 4.67. The molecule has 0 amide bonds. The fraction of sp³-hybridized carbons (Fsp3) is 1.00. The molecule has 1 N–H and O–H groups in total. The van der Waals surface area contributed by atoms with Gasteiger partial charge in [-0.05, 0) is 30.6 Å².